The maximum absolute atomic E-state index is 11.5. The second-order valence-corrected chi connectivity index (χ2v) is 3.87. The summed E-state index contributed by atoms with van der Waals surface area (Å²) >= 11 is 3.22. The Labute approximate surface area is 93.5 Å². The number of halogens is 1. The van der Waals surface area contributed by atoms with Crippen LogP contribution in [0.3, 0.4) is 0 Å². The number of unbranched alkanes of at least 4 members (excludes halogenated alkanes) is 1. The smallest absolute Gasteiger partial charge is 0.239 e. The molecule has 0 aliphatic carbocycles. The molecule has 1 unspecified atom stereocenters. The van der Waals surface area contributed by atoms with Crippen molar-refractivity contribution in [3.63, 3.8) is 0 Å². The maximum atomic E-state index is 11.5. The molecule has 4 nitrogen and oxygen atoms in total. The third-order valence-corrected chi connectivity index (χ3v) is 2.63. The Bertz CT molecular complexity index is 162. The molecular weight excluding hydrogens is 250 g/mol. The normalized spacial score (nSPS) is 12.9. The Morgan fingerprint density at radius 2 is 2.00 bits per heavy atom. The zero-order valence-electron chi connectivity index (χ0n) is 8.88. The van der Waals surface area contributed by atoms with E-state index in [1.165, 1.54) is 14.2 Å². The van der Waals surface area contributed by atoms with Crippen LogP contribution in [0.25, 0.3) is 0 Å². The molecule has 0 radical (unpaired) electrons. The van der Waals surface area contributed by atoms with Gasteiger partial charge in [-0.05, 0) is 6.42 Å². The molecule has 0 aromatic rings. The van der Waals surface area contributed by atoms with Crippen LogP contribution in [0.15, 0.2) is 0 Å². The van der Waals surface area contributed by atoms with Gasteiger partial charge in [-0.3, -0.25) is 4.79 Å². The summed E-state index contributed by atoms with van der Waals surface area (Å²) in [6, 6.07) is 0. The highest BCUT2D eigenvalue weighted by molar-refractivity contribution is 9.10. The van der Waals surface area contributed by atoms with Crippen molar-refractivity contribution in [2.45, 2.75) is 30.9 Å². The molecule has 84 valence electrons. The minimum Gasteiger partial charge on any atom is -0.355 e. The first-order valence-corrected chi connectivity index (χ1v) is 5.56. The quantitative estimate of drug-likeness (QED) is 0.430. The van der Waals surface area contributed by atoms with E-state index in [1.807, 2.05) is 0 Å². The average molecular weight is 268 g/mol. The van der Waals surface area contributed by atoms with E-state index >= 15 is 0 Å². The molecule has 0 aliphatic rings. The number of hydrogen-bond acceptors (Lipinski definition) is 3. The van der Waals surface area contributed by atoms with Gasteiger partial charge in [0.2, 0.25) is 5.91 Å². The molecule has 0 aromatic heterocycles. The summed E-state index contributed by atoms with van der Waals surface area (Å²) in [6.45, 7) is 2.77. The van der Waals surface area contributed by atoms with Crippen LogP contribution >= 0.6 is 15.9 Å². The lowest BCUT2D eigenvalue weighted by molar-refractivity contribution is -0.136. The molecule has 0 aliphatic heterocycles. The number of carbonyl (C=O) groups excluding carboxylic acids is 1. The molecule has 1 N–H and O–H groups in total. The van der Waals surface area contributed by atoms with Crippen molar-refractivity contribution in [1.29, 1.82) is 0 Å². The third-order valence-electron chi connectivity index (χ3n) is 1.78. The van der Waals surface area contributed by atoms with Crippen LogP contribution in [-0.4, -0.2) is 37.8 Å². The summed E-state index contributed by atoms with van der Waals surface area (Å²) < 4.78 is 9.92. The summed E-state index contributed by atoms with van der Waals surface area (Å²) in [7, 11) is 3.00. The van der Waals surface area contributed by atoms with E-state index in [9.17, 15) is 4.79 Å². The average Bonchev–Trinajstić information content (AvgIpc) is 2.19. The molecule has 0 aromatic carbocycles. The number of alkyl halides is 1. The van der Waals surface area contributed by atoms with Crippen molar-refractivity contribution in [3.8, 4) is 0 Å². The summed E-state index contributed by atoms with van der Waals surface area (Å²) in [5, 5.41) is 2.79. The Kier molecular flexibility index (Phi) is 8.12. The van der Waals surface area contributed by atoms with Gasteiger partial charge in [0.25, 0.3) is 0 Å². The first kappa shape index (κ1) is 13.9. The number of ether oxygens (including phenoxy) is 2. The fourth-order valence-electron chi connectivity index (χ4n) is 0.945. The number of hydrogen-bond donors (Lipinski definition) is 1. The standard InChI is InChI=1S/C9H18BrNO3/c1-4-5-6-11-8(12)7(10)9(13-2)14-3/h7,9H,4-6H2,1-3H3,(H,11,12). The van der Waals surface area contributed by atoms with Gasteiger partial charge in [-0.15, -0.1) is 0 Å². The highest BCUT2D eigenvalue weighted by Crippen LogP contribution is 2.09. The lowest BCUT2D eigenvalue weighted by Gasteiger charge is -2.18. The number of nitrogens with one attached hydrogen (secondary N) is 1. The van der Waals surface area contributed by atoms with E-state index in [4.69, 9.17) is 9.47 Å². The minimum atomic E-state index is -0.545. The second kappa shape index (κ2) is 8.20. The molecule has 0 rings (SSSR count). The summed E-state index contributed by atoms with van der Waals surface area (Å²) in [4.78, 5) is 11.0. The van der Waals surface area contributed by atoms with Gasteiger partial charge >= 0.3 is 0 Å². The van der Waals surface area contributed by atoms with Crippen molar-refractivity contribution < 1.29 is 14.3 Å². The SMILES string of the molecule is CCCCNC(=O)C(Br)C(OC)OC. The first-order valence-electron chi connectivity index (χ1n) is 4.64. The van der Waals surface area contributed by atoms with Gasteiger partial charge in [-0.1, -0.05) is 29.3 Å². The van der Waals surface area contributed by atoms with Crippen LogP contribution in [0, 0.1) is 0 Å². The number of methoxy groups -OCH3 is 2. The van der Waals surface area contributed by atoms with Crippen molar-refractivity contribution in [2.24, 2.45) is 0 Å². The molecule has 5 heteroatoms. The van der Waals surface area contributed by atoms with E-state index < -0.39 is 11.1 Å². The zero-order valence-corrected chi connectivity index (χ0v) is 10.5. The summed E-state index contributed by atoms with van der Waals surface area (Å²) in [5.41, 5.74) is 0. The van der Waals surface area contributed by atoms with Gasteiger partial charge in [0, 0.05) is 20.8 Å². The fourth-order valence-corrected chi connectivity index (χ4v) is 1.54. The Hall–Kier alpha value is -0.130. The Morgan fingerprint density at radius 1 is 1.43 bits per heavy atom. The lowest BCUT2D eigenvalue weighted by Crippen LogP contribution is -2.40. The predicted octanol–water partition coefficient (Wildman–Crippen LogP) is 1.29. The number of carbonyl (C=O) groups is 1. The Balaban J connectivity index is 3.84. The molecule has 0 saturated heterocycles. The van der Waals surface area contributed by atoms with Crippen molar-refractivity contribution >= 4 is 21.8 Å². The van der Waals surface area contributed by atoms with Crippen molar-refractivity contribution in [3.05, 3.63) is 0 Å². The van der Waals surface area contributed by atoms with Crippen LogP contribution in [0.1, 0.15) is 19.8 Å². The van der Waals surface area contributed by atoms with Crippen molar-refractivity contribution in [1.82, 2.24) is 5.32 Å². The van der Waals surface area contributed by atoms with Crippen LogP contribution in [-0.2, 0) is 14.3 Å². The topological polar surface area (TPSA) is 47.6 Å². The van der Waals surface area contributed by atoms with E-state index in [1.54, 1.807) is 0 Å². The van der Waals surface area contributed by atoms with Gasteiger partial charge < -0.3 is 14.8 Å². The van der Waals surface area contributed by atoms with Gasteiger partial charge in [-0.2, -0.15) is 0 Å². The van der Waals surface area contributed by atoms with Crippen LogP contribution in [0.2, 0.25) is 0 Å². The van der Waals surface area contributed by atoms with Gasteiger partial charge in [0.05, 0.1) is 0 Å². The van der Waals surface area contributed by atoms with Crippen LogP contribution in [0.5, 0.6) is 0 Å². The van der Waals surface area contributed by atoms with Gasteiger partial charge in [0.1, 0.15) is 4.83 Å². The van der Waals surface area contributed by atoms with Crippen molar-refractivity contribution in [2.75, 3.05) is 20.8 Å². The fraction of sp³-hybridized carbons (Fsp3) is 0.889. The third kappa shape index (κ3) is 4.93. The summed E-state index contributed by atoms with van der Waals surface area (Å²) in [6.07, 6.45) is 1.50. The van der Waals surface area contributed by atoms with Gasteiger partial charge in [-0.25, -0.2) is 0 Å². The first-order chi connectivity index (χ1) is 6.67. The van der Waals surface area contributed by atoms with E-state index in [0.717, 1.165) is 12.8 Å². The maximum Gasteiger partial charge on any atom is 0.239 e. The predicted molar refractivity (Wildman–Crippen MR) is 58.4 cm³/mol. The molecule has 0 bridgehead atoms. The largest absolute Gasteiger partial charge is 0.355 e. The number of amides is 1. The van der Waals surface area contributed by atoms with E-state index in [0.29, 0.717) is 6.54 Å². The molecule has 0 spiro atoms. The molecule has 1 amide bonds. The minimum absolute atomic E-state index is 0.104. The molecule has 0 fully saturated rings. The van der Waals surface area contributed by atoms with E-state index in [-0.39, 0.29) is 5.91 Å². The van der Waals surface area contributed by atoms with Crippen LogP contribution < -0.4 is 5.32 Å². The summed E-state index contributed by atoms with van der Waals surface area (Å²) in [5.74, 6) is -0.104. The molecular formula is C9H18BrNO3. The monoisotopic (exact) mass is 267 g/mol. The van der Waals surface area contributed by atoms with Gasteiger partial charge in [0.15, 0.2) is 6.29 Å². The second-order valence-electron chi connectivity index (χ2n) is 2.89. The highest BCUT2D eigenvalue weighted by Gasteiger charge is 2.24. The molecule has 14 heavy (non-hydrogen) atoms. The Morgan fingerprint density at radius 3 is 2.43 bits per heavy atom. The lowest BCUT2D eigenvalue weighted by atomic mass is 10.3. The molecule has 0 saturated carbocycles. The van der Waals surface area contributed by atoms with Crippen LogP contribution in [0.4, 0.5) is 0 Å². The molecule has 0 heterocycles. The van der Waals surface area contributed by atoms with E-state index in [2.05, 4.69) is 28.2 Å². The molecule has 1 atom stereocenters. The zero-order chi connectivity index (χ0) is 11.0. The number of rotatable bonds is 7. The highest BCUT2D eigenvalue weighted by atomic mass is 79.9.